The molecule has 1 aromatic heterocycles. The molecule has 6 nitrogen and oxygen atoms in total. The van der Waals surface area contributed by atoms with Gasteiger partial charge in [0.2, 0.25) is 5.75 Å². The van der Waals surface area contributed by atoms with Crippen LogP contribution in [0.15, 0.2) is 36.4 Å². The summed E-state index contributed by atoms with van der Waals surface area (Å²) in [7, 11) is 6.38. The zero-order valence-electron chi connectivity index (χ0n) is 15.0. The van der Waals surface area contributed by atoms with Gasteiger partial charge >= 0.3 is 0 Å². The van der Waals surface area contributed by atoms with Gasteiger partial charge in [-0.2, -0.15) is 0 Å². The molecule has 0 aliphatic carbocycles. The van der Waals surface area contributed by atoms with Crippen LogP contribution in [-0.4, -0.2) is 33.4 Å². The summed E-state index contributed by atoms with van der Waals surface area (Å²) in [6.07, 6.45) is 0. The van der Waals surface area contributed by atoms with Gasteiger partial charge in [-0.15, -0.1) is 0 Å². The van der Waals surface area contributed by atoms with Gasteiger partial charge < -0.3 is 24.7 Å². The third-order valence-electron chi connectivity index (χ3n) is 3.91. The number of anilines is 1. The number of nitrogens with zero attached hydrogens (tertiary/aromatic N) is 1. The number of hydrogen-bond acceptors (Lipinski definition) is 7. The van der Waals surface area contributed by atoms with Crippen molar-refractivity contribution < 1.29 is 18.9 Å². The number of nitrogens with two attached hydrogens (primary N) is 1. The van der Waals surface area contributed by atoms with Crippen LogP contribution < -0.4 is 24.7 Å². The lowest BCUT2D eigenvalue weighted by molar-refractivity contribution is 0.324. The SMILES string of the molecule is COc1cccc(-c2sc(N)nc2-c2cc(OC)c(OC)c(OC)c2)c1. The molecule has 0 radical (unpaired) electrons. The average molecular weight is 372 g/mol. The summed E-state index contributed by atoms with van der Waals surface area (Å²) in [5.74, 6) is 2.42. The number of ether oxygens (including phenoxy) is 4. The van der Waals surface area contributed by atoms with Crippen LogP contribution >= 0.6 is 11.3 Å². The summed E-state index contributed by atoms with van der Waals surface area (Å²) in [4.78, 5) is 5.46. The minimum atomic E-state index is 0.478. The Balaban J connectivity index is 2.19. The first kappa shape index (κ1) is 17.9. The number of benzene rings is 2. The molecule has 1 heterocycles. The Kier molecular flexibility index (Phi) is 5.18. The minimum absolute atomic E-state index is 0.478. The molecule has 0 aliphatic heterocycles. The van der Waals surface area contributed by atoms with Crippen molar-refractivity contribution in [3.63, 3.8) is 0 Å². The van der Waals surface area contributed by atoms with Gasteiger partial charge in [-0.05, 0) is 29.8 Å². The summed E-state index contributed by atoms with van der Waals surface area (Å²) in [5.41, 5.74) is 8.56. The number of thiazole rings is 1. The van der Waals surface area contributed by atoms with Gasteiger partial charge in [0.1, 0.15) is 5.75 Å². The zero-order chi connectivity index (χ0) is 18.7. The Morgan fingerprint density at radius 2 is 1.54 bits per heavy atom. The van der Waals surface area contributed by atoms with E-state index in [2.05, 4.69) is 4.98 Å². The highest BCUT2D eigenvalue weighted by atomic mass is 32.1. The largest absolute Gasteiger partial charge is 0.497 e. The summed E-state index contributed by atoms with van der Waals surface area (Å²) in [6.45, 7) is 0. The van der Waals surface area contributed by atoms with Crippen molar-refractivity contribution >= 4 is 16.5 Å². The second kappa shape index (κ2) is 7.53. The standard InChI is InChI=1S/C19H20N2O4S/c1-22-13-7-5-6-11(8-13)18-16(21-19(20)26-18)12-9-14(23-2)17(25-4)15(10-12)24-3/h5-10H,1-4H3,(H2,20,21). The van der Waals surface area contributed by atoms with E-state index in [4.69, 9.17) is 24.7 Å². The molecule has 136 valence electrons. The first-order valence-electron chi connectivity index (χ1n) is 7.82. The van der Waals surface area contributed by atoms with Crippen LogP contribution in [0.25, 0.3) is 21.7 Å². The summed E-state index contributed by atoms with van der Waals surface area (Å²) in [5, 5.41) is 0.478. The quantitative estimate of drug-likeness (QED) is 0.702. The molecule has 0 spiro atoms. The van der Waals surface area contributed by atoms with Crippen LogP contribution in [0.1, 0.15) is 0 Å². The van der Waals surface area contributed by atoms with E-state index in [1.54, 1.807) is 28.4 Å². The molecular formula is C19H20N2O4S. The number of aromatic nitrogens is 1. The van der Waals surface area contributed by atoms with Gasteiger partial charge in [-0.25, -0.2) is 4.98 Å². The lowest BCUT2D eigenvalue weighted by Gasteiger charge is -2.14. The van der Waals surface area contributed by atoms with Crippen LogP contribution in [0.2, 0.25) is 0 Å². The topological polar surface area (TPSA) is 75.8 Å². The average Bonchev–Trinajstić information content (AvgIpc) is 3.08. The molecule has 0 amide bonds. The van der Waals surface area contributed by atoms with E-state index >= 15 is 0 Å². The Morgan fingerprint density at radius 3 is 2.12 bits per heavy atom. The van der Waals surface area contributed by atoms with Crippen LogP contribution in [0, 0.1) is 0 Å². The number of rotatable bonds is 6. The molecule has 26 heavy (non-hydrogen) atoms. The van der Waals surface area contributed by atoms with Gasteiger partial charge in [0.05, 0.1) is 39.0 Å². The molecule has 3 aromatic rings. The van der Waals surface area contributed by atoms with Crippen LogP contribution in [0.3, 0.4) is 0 Å². The molecule has 7 heteroatoms. The fourth-order valence-corrected chi connectivity index (χ4v) is 3.56. The molecule has 0 fully saturated rings. The van der Waals surface area contributed by atoms with E-state index in [0.29, 0.717) is 22.4 Å². The number of hydrogen-bond donors (Lipinski definition) is 1. The van der Waals surface area contributed by atoms with Crippen LogP contribution in [-0.2, 0) is 0 Å². The smallest absolute Gasteiger partial charge is 0.203 e. The lowest BCUT2D eigenvalue weighted by atomic mass is 10.1. The van der Waals surface area contributed by atoms with Gasteiger partial charge in [0, 0.05) is 5.56 Å². The van der Waals surface area contributed by atoms with Crippen molar-refractivity contribution in [2.24, 2.45) is 0 Å². The van der Waals surface area contributed by atoms with Crippen molar-refractivity contribution in [1.29, 1.82) is 0 Å². The first-order valence-corrected chi connectivity index (χ1v) is 8.64. The maximum absolute atomic E-state index is 6.01. The summed E-state index contributed by atoms with van der Waals surface area (Å²) < 4.78 is 21.6. The van der Waals surface area contributed by atoms with E-state index < -0.39 is 0 Å². The Labute approximate surface area is 156 Å². The highest BCUT2D eigenvalue weighted by Crippen LogP contribution is 2.45. The molecule has 0 bridgehead atoms. The van der Waals surface area contributed by atoms with Crippen molar-refractivity contribution in [2.75, 3.05) is 34.2 Å². The van der Waals surface area contributed by atoms with E-state index in [9.17, 15) is 0 Å². The maximum Gasteiger partial charge on any atom is 0.203 e. The third-order valence-corrected chi connectivity index (χ3v) is 4.85. The molecule has 0 aliphatic rings. The molecule has 0 saturated heterocycles. The highest BCUT2D eigenvalue weighted by molar-refractivity contribution is 7.19. The predicted octanol–water partition coefficient (Wildman–Crippen LogP) is 4.09. The molecule has 2 N–H and O–H groups in total. The fourth-order valence-electron chi connectivity index (χ4n) is 2.71. The van der Waals surface area contributed by atoms with Gasteiger partial charge in [0.15, 0.2) is 16.6 Å². The minimum Gasteiger partial charge on any atom is -0.497 e. The highest BCUT2D eigenvalue weighted by Gasteiger charge is 2.19. The normalized spacial score (nSPS) is 10.5. The maximum atomic E-state index is 6.01. The third kappa shape index (κ3) is 3.25. The Bertz CT molecular complexity index is 899. The lowest BCUT2D eigenvalue weighted by Crippen LogP contribution is -1.96. The molecule has 0 saturated carbocycles. The Morgan fingerprint density at radius 1 is 0.846 bits per heavy atom. The zero-order valence-corrected chi connectivity index (χ0v) is 15.8. The first-order chi connectivity index (χ1) is 12.6. The Hall–Kier alpha value is -2.93. The second-order valence-electron chi connectivity index (χ2n) is 5.38. The molecule has 2 aromatic carbocycles. The monoisotopic (exact) mass is 372 g/mol. The van der Waals surface area contributed by atoms with Crippen LogP contribution in [0.5, 0.6) is 23.0 Å². The van der Waals surface area contributed by atoms with E-state index in [0.717, 1.165) is 27.4 Å². The summed E-state index contributed by atoms with van der Waals surface area (Å²) in [6, 6.07) is 11.5. The van der Waals surface area contributed by atoms with Gasteiger partial charge in [-0.1, -0.05) is 23.5 Å². The molecule has 0 unspecified atom stereocenters. The molecule has 0 atom stereocenters. The van der Waals surface area contributed by atoms with E-state index in [-0.39, 0.29) is 0 Å². The van der Waals surface area contributed by atoms with Crippen molar-refractivity contribution in [3.8, 4) is 44.7 Å². The van der Waals surface area contributed by atoms with Crippen LogP contribution in [0.4, 0.5) is 5.13 Å². The van der Waals surface area contributed by atoms with Crippen molar-refractivity contribution in [3.05, 3.63) is 36.4 Å². The number of methoxy groups -OCH3 is 4. The predicted molar refractivity (Wildman–Crippen MR) is 104 cm³/mol. The van der Waals surface area contributed by atoms with Crippen molar-refractivity contribution in [1.82, 2.24) is 4.98 Å². The fraction of sp³-hybridized carbons (Fsp3) is 0.211. The molecule has 3 rings (SSSR count). The van der Waals surface area contributed by atoms with E-state index in [1.807, 2.05) is 36.4 Å². The number of nitrogen functional groups attached to an aromatic ring is 1. The van der Waals surface area contributed by atoms with Gasteiger partial charge in [-0.3, -0.25) is 0 Å². The second-order valence-corrected chi connectivity index (χ2v) is 6.41. The molecular weight excluding hydrogens is 352 g/mol. The van der Waals surface area contributed by atoms with Gasteiger partial charge in [0.25, 0.3) is 0 Å². The van der Waals surface area contributed by atoms with Crippen molar-refractivity contribution in [2.45, 2.75) is 0 Å². The van der Waals surface area contributed by atoms with E-state index in [1.165, 1.54) is 11.3 Å². The summed E-state index contributed by atoms with van der Waals surface area (Å²) >= 11 is 1.42.